The first-order valence-electron chi connectivity index (χ1n) is 4.38. The molecule has 0 aromatic heterocycles. The minimum atomic E-state index is -0.0793. The van der Waals surface area contributed by atoms with Gasteiger partial charge in [0.1, 0.15) is 0 Å². The van der Waals surface area contributed by atoms with Gasteiger partial charge in [0.25, 0.3) is 0 Å². The largest absolute Gasteiger partial charge is 0.355 e. The molecule has 3 nitrogen and oxygen atoms in total. The lowest BCUT2D eigenvalue weighted by Crippen LogP contribution is -2.34. The number of carbonyl (C=O) groups is 1. The molecule has 0 bridgehead atoms. The number of amides is 1. The van der Waals surface area contributed by atoms with Gasteiger partial charge in [-0.1, -0.05) is 13.0 Å². The van der Waals surface area contributed by atoms with E-state index in [4.69, 9.17) is 5.73 Å². The van der Waals surface area contributed by atoms with Gasteiger partial charge in [0.05, 0.1) is 0 Å². The van der Waals surface area contributed by atoms with Gasteiger partial charge in [-0.05, 0) is 0 Å². The summed E-state index contributed by atoms with van der Waals surface area (Å²) in [5.41, 5.74) is 5.35. The second-order valence-electron chi connectivity index (χ2n) is 2.79. The third-order valence-corrected chi connectivity index (χ3v) is 2.55. The van der Waals surface area contributed by atoms with Crippen LogP contribution >= 0.6 is 11.8 Å². The van der Waals surface area contributed by atoms with Crippen molar-refractivity contribution in [3.63, 3.8) is 0 Å². The highest BCUT2D eigenvalue weighted by atomic mass is 32.2. The normalized spacial score (nSPS) is 12.2. The molecule has 0 aromatic carbocycles. The van der Waals surface area contributed by atoms with E-state index in [1.165, 1.54) is 0 Å². The second kappa shape index (κ2) is 8.13. The zero-order chi connectivity index (χ0) is 10.1. The Labute approximate surface area is 84.1 Å². The highest BCUT2D eigenvalue weighted by Crippen LogP contribution is 1.97. The van der Waals surface area contributed by atoms with Crippen LogP contribution in [0, 0.1) is 5.92 Å². The molecule has 1 amide bonds. The number of rotatable bonds is 7. The van der Waals surface area contributed by atoms with Gasteiger partial charge in [-0.15, -0.1) is 6.58 Å². The van der Waals surface area contributed by atoms with Crippen LogP contribution < -0.4 is 11.1 Å². The first-order chi connectivity index (χ1) is 6.22. The van der Waals surface area contributed by atoms with Gasteiger partial charge in [-0.25, -0.2) is 0 Å². The van der Waals surface area contributed by atoms with Crippen LogP contribution in [0.3, 0.4) is 0 Å². The van der Waals surface area contributed by atoms with Crippen LogP contribution in [0.5, 0.6) is 0 Å². The van der Waals surface area contributed by atoms with Gasteiger partial charge in [-0.3, -0.25) is 4.79 Å². The van der Waals surface area contributed by atoms with E-state index < -0.39 is 0 Å². The predicted octanol–water partition coefficient (Wildman–Crippen LogP) is 0.617. The van der Waals surface area contributed by atoms with E-state index in [1.54, 1.807) is 11.8 Å². The molecule has 1 unspecified atom stereocenters. The molecule has 0 spiro atoms. The summed E-state index contributed by atoms with van der Waals surface area (Å²) in [5.74, 6) is 1.82. The van der Waals surface area contributed by atoms with Crippen molar-refractivity contribution < 1.29 is 4.79 Å². The number of hydrogen-bond donors (Lipinski definition) is 2. The van der Waals surface area contributed by atoms with Crippen molar-refractivity contribution in [2.75, 3.05) is 24.6 Å². The van der Waals surface area contributed by atoms with Crippen LogP contribution in [0.2, 0.25) is 0 Å². The van der Waals surface area contributed by atoms with Gasteiger partial charge in [0, 0.05) is 30.5 Å². The Balaban J connectivity index is 3.31. The average Bonchev–Trinajstić information content (AvgIpc) is 2.16. The van der Waals surface area contributed by atoms with Crippen LogP contribution in [0.1, 0.15) is 6.92 Å². The molecule has 0 aliphatic rings. The molecule has 0 rings (SSSR count). The number of thioether (sulfide) groups is 1. The van der Waals surface area contributed by atoms with Crippen LogP contribution in [-0.4, -0.2) is 30.5 Å². The lowest BCUT2D eigenvalue weighted by Gasteiger charge is -2.08. The van der Waals surface area contributed by atoms with Crippen LogP contribution in [0.4, 0.5) is 0 Å². The molecular weight excluding hydrogens is 184 g/mol. The predicted molar refractivity (Wildman–Crippen MR) is 58.8 cm³/mol. The minimum Gasteiger partial charge on any atom is -0.355 e. The van der Waals surface area contributed by atoms with Crippen LogP contribution in [-0.2, 0) is 4.79 Å². The lowest BCUT2D eigenvalue weighted by atomic mass is 10.2. The molecule has 0 saturated heterocycles. The van der Waals surface area contributed by atoms with E-state index in [0.29, 0.717) is 13.1 Å². The van der Waals surface area contributed by atoms with Gasteiger partial charge in [0.2, 0.25) is 5.91 Å². The van der Waals surface area contributed by atoms with Crippen molar-refractivity contribution in [1.29, 1.82) is 0 Å². The summed E-state index contributed by atoms with van der Waals surface area (Å²) in [4.78, 5) is 11.2. The zero-order valence-corrected chi connectivity index (χ0v) is 8.90. The van der Waals surface area contributed by atoms with E-state index >= 15 is 0 Å². The summed E-state index contributed by atoms with van der Waals surface area (Å²) in [5, 5.41) is 2.82. The Morgan fingerprint density at radius 1 is 1.77 bits per heavy atom. The van der Waals surface area contributed by atoms with Gasteiger partial charge in [-0.2, -0.15) is 11.8 Å². The monoisotopic (exact) mass is 202 g/mol. The third kappa shape index (κ3) is 6.66. The molecule has 0 aliphatic heterocycles. The van der Waals surface area contributed by atoms with Crippen molar-refractivity contribution >= 4 is 17.7 Å². The smallest absolute Gasteiger partial charge is 0.224 e. The van der Waals surface area contributed by atoms with Gasteiger partial charge >= 0.3 is 0 Å². The Kier molecular flexibility index (Phi) is 7.83. The number of hydrogen-bond acceptors (Lipinski definition) is 3. The Morgan fingerprint density at radius 2 is 2.46 bits per heavy atom. The van der Waals surface area contributed by atoms with Crippen molar-refractivity contribution in [3.8, 4) is 0 Å². The van der Waals surface area contributed by atoms with Crippen molar-refractivity contribution in [2.24, 2.45) is 11.7 Å². The first kappa shape index (κ1) is 12.5. The zero-order valence-electron chi connectivity index (χ0n) is 8.08. The fourth-order valence-electron chi connectivity index (χ4n) is 0.694. The summed E-state index contributed by atoms with van der Waals surface area (Å²) in [6.07, 6.45) is 1.86. The summed E-state index contributed by atoms with van der Waals surface area (Å²) in [7, 11) is 0. The van der Waals surface area contributed by atoms with Crippen molar-refractivity contribution in [3.05, 3.63) is 12.7 Å². The highest BCUT2D eigenvalue weighted by molar-refractivity contribution is 7.99. The number of nitrogens with one attached hydrogen (secondary N) is 1. The quantitative estimate of drug-likeness (QED) is 0.470. The van der Waals surface area contributed by atoms with E-state index in [1.807, 2.05) is 13.0 Å². The van der Waals surface area contributed by atoms with E-state index in [9.17, 15) is 4.79 Å². The molecule has 76 valence electrons. The van der Waals surface area contributed by atoms with E-state index in [0.717, 1.165) is 11.5 Å². The molecule has 0 radical (unpaired) electrons. The molecule has 3 N–H and O–H groups in total. The van der Waals surface area contributed by atoms with Gasteiger partial charge < -0.3 is 11.1 Å². The average molecular weight is 202 g/mol. The number of nitrogens with two attached hydrogens (primary N) is 1. The molecule has 0 fully saturated rings. The highest BCUT2D eigenvalue weighted by Gasteiger charge is 2.08. The molecule has 4 heteroatoms. The third-order valence-electron chi connectivity index (χ3n) is 1.58. The Morgan fingerprint density at radius 3 is 3.00 bits per heavy atom. The Bertz CT molecular complexity index is 162. The molecule has 13 heavy (non-hydrogen) atoms. The molecule has 0 aliphatic carbocycles. The lowest BCUT2D eigenvalue weighted by molar-refractivity contribution is -0.124. The van der Waals surface area contributed by atoms with Crippen LogP contribution in [0.15, 0.2) is 12.7 Å². The maximum atomic E-state index is 11.2. The van der Waals surface area contributed by atoms with Crippen molar-refractivity contribution in [2.45, 2.75) is 6.92 Å². The second-order valence-corrected chi connectivity index (χ2v) is 3.94. The summed E-state index contributed by atoms with van der Waals surface area (Å²) < 4.78 is 0. The maximum Gasteiger partial charge on any atom is 0.224 e. The SMILES string of the molecule is C=CCSCCNC(=O)C(C)CN. The fourth-order valence-corrected chi connectivity index (χ4v) is 1.27. The van der Waals surface area contributed by atoms with Gasteiger partial charge in [0.15, 0.2) is 0 Å². The first-order valence-corrected chi connectivity index (χ1v) is 5.54. The maximum absolute atomic E-state index is 11.2. The molecule has 0 aromatic rings. The van der Waals surface area contributed by atoms with Crippen molar-refractivity contribution in [1.82, 2.24) is 5.32 Å². The standard InChI is InChI=1S/C9H18N2OS/c1-3-5-13-6-4-11-9(12)8(2)7-10/h3,8H,1,4-7,10H2,2H3,(H,11,12). The van der Waals surface area contributed by atoms with E-state index in [-0.39, 0.29) is 11.8 Å². The molecular formula is C9H18N2OS. The summed E-state index contributed by atoms with van der Waals surface area (Å²) in [6.45, 7) is 6.55. The molecule has 0 saturated carbocycles. The van der Waals surface area contributed by atoms with E-state index in [2.05, 4.69) is 11.9 Å². The number of carbonyl (C=O) groups excluding carboxylic acids is 1. The minimum absolute atomic E-state index is 0.0432. The molecule has 0 heterocycles. The summed E-state index contributed by atoms with van der Waals surface area (Å²) >= 11 is 1.75. The Hall–Kier alpha value is -0.480. The summed E-state index contributed by atoms with van der Waals surface area (Å²) in [6, 6.07) is 0. The van der Waals surface area contributed by atoms with Crippen LogP contribution in [0.25, 0.3) is 0 Å². The molecule has 1 atom stereocenters. The topological polar surface area (TPSA) is 55.1 Å². The fraction of sp³-hybridized carbons (Fsp3) is 0.667.